The number of nitrogens with zero attached hydrogens (tertiary/aromatic N) is 4. The Morgan fingerprint density at radius 3 is 2.65 bits per heavy atom. The molecular weight excluding hydrogens is 314 g/mol. The number of rotatable bonds is 4. The van der Waals surface area contributed by atoms with Crippen LogP contribution in [0.3, 0.4) is 0 Å². The Bertz CT molecular complexity index is 665. The van der Waals surface area contributed by atoms with Crippen molar-refractivity contribution in [3.63, 3.8) is 0 Å². The first-order valence-electron chi connectivity index (χ1n) is 8.17. The molecule has 4 rings (SSSR count). The summed E-state index contributed by atoms with van der Waals surface area (Å²) in [4.78, 5) is 18.4. The highest BCUT2D eigenvalue weighted by Crippen LogP contribution is 2.39. The van der Waals surface area contributed by atoms with Crippen LogP contribution in [0.15, 0.2) is 18.5 Å². The molecule has 1 unspecified atom stereocenters. The molecule has 0 amide bonds. The van der Waals surface area contributed by atoms with Crippen molar-refractivity contribution in [2.75, 3.05) is 18.0 Å². The molecule has 2 N–H and O–H groups in total. The lowest BCUT2D eigenvalue weighted by Gasteiger charge is -2.34. The van der Waals surface area contributed by atoms with E-state index in [1.807, 2.05) is 6.07 Å². The topological polar surface area (TPSA) is 77.9 Å². The van der Waals surface area contributed by atoms with Crippen molar-refractivity contribution in [2.24, 2.45) is 5.92 Å². The third-order valence-electron chi connectivity index (χ3n) is 4.75. The average Bonchev–Trinajstić information content (AvgIpc) is 3.28. The monoisotopic (exact) mass is 333 g/mol. The number of aromatic amines is 1. The van der Waals surface area contributed by atoms with Crippen molar-refractivity contribution < 1.29 is 5.11 Å². The Kier molecular flexibility index (Phi) is 3.95. The zero-order valence-electron chi connectivity index (χ0n) is 12.8. The summed E-state index contributed by atoms with van der Waals surface area (Å²) in [6.45, 7) is 1.72. The van der Waals surface area contributed by atoms with Gasteiger partial charge in [-0.2, -0.15) is 0 Å². The highest BCUT2D eigenvalue weighted by atomic mass is 35.5. The van der Waals surface area contributed by atoms with Crippen LogP contribution >= 0.6 is 11.6 Å². The lowest BCUT2D eigenvalue weighted by molar-refractivity contribution is 0.0856. The molecule has 23 heavy (non-hydrogen) atoms. The molecule has 122 valence electrons. The molecule has 2 aromatic rings. The Labute approximate surface area is 139 Å². The number of imidazole rings is 1. The molecule has 7 heteroatoms. The van der Waals surface area contributed by atoms with E-state index in [0.29, 0.717) is 16.9 Å². The molecule has 3 heterocycles. The molecular formula is C16H20ClN5O. The minimum Gasteiger partial charge on any atom is -0.385 e. The smallest absolute Gasteiger partial charge is 0.135 e. The maximum atomic E-state index is 10.4. The van der Waals surface area contributed by atoms with E-state index in [9.17, 15) is 5.11 Å². The zero-order valence-corrected chi connectivity index (χ0v) is 13.6. The molecule has 2 fully saturated rings. The highest BCUT2D eigenvalue weighted by Gasteiger charge is 2.30. The summed E-state index contributed by atoms with van der Waals surface area (Å²) in [5, 5.41) is 10.9. The SMILES string of the molecule is OC(c1ncc[nH]1)C1CCN(c2cc(Cl)nc(C3CC3)n2)CC1. The van der Waals surface area contributed by atoms with Gasteiger partial charge < -0.3 is 15.0 Å². The quantitative estimate of drug-likeness (QED) is 0.841. The van der Waals surface area contributed by atoms with Crippen molar-refractivity contribution in [1.29, 1.82) is 0 Å². The van der Waals surface area contributed by atoms with Crippen LogP contribution in [-0.4, -0.2) is 38.1 Å². The summed E-state index contributed by atoms with van der Waals surface area (Å²) in [5.74, 6) is 3.16. The van der Waals surface area contributed by atoms with Gasteiger partial charge in [-0.3, -0.25) is 0 Å². The molecule has 0 radical (unpaired) electrons. The van der Waals surface area contributed by atoms with Crippen molar-refractivity contribution in [3.05, 3.63) is 35.3 Å². The van der Waals surface area contributed by atoms with Crippen LogP contribution in [0.25, 0.3) is 0 Å². The van der Waals surface area contributed by atoms with E-state index in [0.717, 1.165) is 50.4 Å². The third kappa shape index (κ3) is 3.19. The number of aromatic nitrogens is 4. The Morgan fingerprint density at radius 1 is 1.22 bits per heavy atom. The zero-order chi connectivity index (χ0) is 15.8. The van der Waals surface area contributed by atoms with Crippen molar-refractivity contribution >= 4 is 17.4 Å². The molecule has 1 aliphatic heterocycles. The van der Waals surface area contributed by atoms with Gasteiger partial charge in [-0.15, -0.1) is 0 Å². The second-order valence-electron chi connectivity index (χ2n) is 6.43. The Morgan fingerprint density at radius 2 is 2.00 bits per heavy atom. The molecule has 1 atom stereocenters. The van der Waals surface area contributed by atoms with E-state index in [-0.39, 0.29) is 5.92 Å². The summed E-state index contributed by atoms with van der Waals surface area (Å²) in [6.07, 6.45) is 7.04. The molecule has 1 aliphatic carbocycles. The van der Waals surface area contributed by atoms with Crippen LogP contribution in [0.2, 0.25) is 5.15 Å². The molecule has 2 aromatic heterocycles. The number of aliphatic hydroxyl groups excluding tert-OH is 1. The van der Waals surface area contributed by atoms with Crippen molar-refractivity contribution in [3.8, 4) is 0 Å². The molecule has 1 saturated heterocycles. The molecule has 0 spiro atoms. The van der Waals surface area contributed by atoms with Crippen LogP contribution < -0.4 is 4.90 Å². The van der Waals surface area contributed by atoms with Gasteiger partial charge in [0.25, 0.3) is 0 Å². The largest absolute Gasteiger partial charge is 0.385 e. The average molecular weight is 334 g/mol. The molecule has 6 nitrogen and oxygen atoms in total. The summed E-state index contributed by atoms with van der Waals surface area (Å²) < 4.78 is 0. The molecule has 0 bridgehead atoms. The summed E-state index contributed by atoms with van der Waals surface area (Å²) >= 11 is 6.16. The minimum atomic E-state index is -0.525. The van der Waals surface area contributed by atoms with E-state index in [1.54, 1.807) is 12.4 Å². The Hall–Kier alpha value is -1.66. The fraction of sp³-hybridized carbons (Fsp3) is 0.562. The first-order chi connectivity index (χ1) is 11.2. The van der Waals surface area contributed by atoms with Gasteiger partial charge in [-0.25, -0.2) is 15.0 Å². The van der Waals surface area contributed by atoms with Gasteiger partial charge in [0.05, 0.1) is 0 Å². The fourth-order valence-corrected chi connectivity index (χ4v) is 3.40. The van der Waals surface area contributed by atoms with Gasteiger partial charge >= 0.3 is 0 Å². The number of aliphatic hydroxyl groups is 1. The van der Waals surface area contributed by atoms with Gasteiger partial charge in [0, 0.05) is 37.5 Å². The first kappa shape index (κ1) is 14.9. The predicted octanol–water partition coefficient (Wildman–Crippen LogP) is 2.68. The van der Waals surface area contributed by atoms with Crippen LogP contribution in [-0.2, 0) is 0 Å². The number of anilines is 1. The van der Waals surface area contributed by atoms with E-state index in [1.165, 1.54) is 0 Å². The van der Waals surface area contributed by atoms with Crippen molar-refractivity contribution in [2.45, 2.75) is 37.7 Å². The summed E-state index contributed by atoms with van der Waals surface area (Å²) in [5.41, 5.74) is 0. The van der Waals surface area contributed by atoms with E-state index in [2.05, 4.69) is 24.8 Å². The van der Waals surface area contributed by atoms with Crippen LogP contribution in [0, 0.1) is 5.92 Å². The normalized spacial score (nSPS) is 20.7. The number of piperidine rings is 1. The Balaban J connectivity index is 1.43. The van der Waals surface area contributed by atoms with Gasteiger partial charge in [0.2, 0.25) is 0 Å². The fourth-order valence-electron chi connectivity index (χ4n) is 3.22. The standard InChI is InChI=1S/C16H20ClN5O/c17-12-9-13(21-15(20-12)11-1-2-11)22-7-3-10(4-8-22)14(23)16-18-5-6-19-16/h5-6,9-11,14,23H,1-4,7-8H2,(H,18,19). The number of H-pyrrole nitrogens is 1. The van der Waals surface area contributed by atoms with E-state index >= 15 is 0 Å². The van der Waals surface area contributed by atoms with Gasteiger partial charge in [0.15, 0.2) is 0 Å². The lowest BCUT2D eigenvalue weighted by Crippen LogP contribution is -2.36. The number of hydrogen-bond donors (Lipinski definition) is 2. The summed E-state index contributed by atoms with van der Waals surface area (Å²) in [6, 6.07) is 1.84. The lowest BCUT2D eigenvalue weighted by atomic mass is 9.91. The minimum absolute atomic E-state index is 0.220. The van der Waals surface area contributed by atoms with Gasteiger partial charge in [-0.05, 0) is 31.6 Å². The van der Waals surface area contributed by atoms with Crippen LogP contribution in [0.5, 0.6) is 0 Å². The maximum absolute atomic E-state index is 10.4. The van der Waals surface area contributed by atoms with E-state index in [4.69, 9.17) is 11.6 Å². The number of nitrogens with one attached hydrogen (secondary N) is 1. The van der Waals surface area contributed by atoms with Crippen LogP contribution in [0.1, 0.15) is 49.4 Å². The van der Waals surface area contributed by atoms with Gasteiger partial charge in [0.1, 0.15) is 28.7 Å². The van der Waals surface area contributed by atoms with E-state index < -0.39 is 6.10 Å². The van der Waals surface area contributed by atoms with Gasteiger partial charge in [-0.1, -0.05) is 11.6 Å². The molecule has 1 saturated carbocycles. The summed E-state index contributed by atoms with van der Waals surface area (Å²) in [7, 11) is 0. The predicted molar refractivity (Wildman–Crippen MR) is 87.5 cm³/mol. The second-order valence-corrected chi connectivity index (χ2v) is 6.81. The molecule has 0 aromatic carbocycles. The first-order valence-corrected chi connectivity index (χ1v) is 8.55. The van der Waals surface area contributed by atoms with Crippen LogP contribution in [0.4, 0.5) is 5.82 Å². The van der Waals surface area contributed by atoms with Crippen molar-refractivity contribution in [1.82, 2.24) is 19.9 Å². The number of hydrogen-bond acceptors (Lipinski definition) is 5. The second kappa shape index (κ2) is 6.09. The highest BCUT2D eigenvalue weighted by molar-refractivity contribution is 6.29. The maximum Gasteiger partial charge on any atom is 0.135 e. The molecule has 2 aliphatic rings. The number of halogens is 1. The third-order valence-corrected chi connectivity index (χ3v) is 4.94.